The number of nitrogens with two attached hydrogens (primary N) is 1. The van der Waals surface area contributed by atoms with Crippen LogP contribution >= 0.6 is 0 Å². The number of hydrogen-bond donors (Lipinski definition) is 1. The summed E-state index contributed by atoms with van der Waals surface area (Å²) in [6.45, 7) is 1.75. The molecule has 0 amide bonds. The highest BCUT2D eigenvalue weighted by atomic mass is 32.2. The van der Waals surface area contributed by atoms with Crippen molar-refractivity contribution in [3.8, 4) is 0 Å². The predicted octanol–water partition coefficient (Wildman–Crippen LogP) is 0.510. The molecule has 18 heavy (non-hydrogen) atoms. The number of fused-ring (bicyclic) bond motifs is 1. The molecule has 1 aromatic heterocycles. The number of anilines is 1. The highest BCUT2D eigenvalue weighted by molar-refractivity contribution is 7.90. The van der Waals surface area contributed by atoms with Crippen LogP contribution in [0.3, 0.4) is 0 Å². The van der Waals surface area contributed by atoms with Crippen LogP contribution in [0.5, 0.6) is 0 Å². The monoisotopic (exact) mass is 269 g/mol. The molecule has 98 valence electrons. The lowest BCUT2D eigenvalue weighted by Crippen LogP contribution is -2.29. The number of aryl methyl sites for hydroxylation is 1. The molecule has 6 nitrogen and oxygen atoms in total. The molecule has 0 aliphatic heterocycles. The number of aromatic nitrogens is 2. The van der Waals surface area contributed by atoms with Crippen molar-refractivity contribution in [1.82, 2.24) is 8.54 Å². The lowest BCUT2D eigenvalue weighted by molar-refractivity contribution is 0.584. The van der Waals surface area contributed by atoms with Gasteiger partial charge in [-0.05, 0) is 24.6 Å². The fraction of sp³-hybridized carbons (Fsp3) is 0.364. The third kappa shape index (κ3) is 1.80. The van der Waals surface area contributed by atoms with E-state index < -0.39 is 15.7 Å². The maximum Gasteiger partial charge on any atom is 0.342 e. The summed E-state index contributed by atoms with van der Waals surface area (Å²) in [4.78, 5) is 12.0. The van der Waals surface area contributed by atoms with Crippen molar-refractivity contribution in [1.29, 1.82) is 0 Å². The molecule has 0 unspecified atom stereocenters. The lowest BCUT2D eigenvalue weighted by atomic mass is 10.3. The molecule has 2 N–H and O–H groups in total. The van der Waals surface area contributed by atoms with Gasteiger partial charge in [0.1, 0.15) is 0 Å². The van der Waals surface area contributed by atoms with Gasteiger partial charge in [0.25, 0.3) is 0 Å². The van der Waals surface area contributed by atoms with Crippen LogP contribution in [-0.4, -0.2) is 22.7 Å². The van der Waals surface area contributed by atoms with Crippen LogP contribution in [0.15, 0.2) is 23.0 Å². The first-order valence-electron chi connectivity index (χ1n) is 5.58. The van der Waals surface area contributed by atoms with Crippen LogP contribution in [-0.2, 0) is 17.1 Å². The van der Waals surface area contributed by atoms with E-state index >= 15 is 0 Å². The minimum Gasteiger partial charge on any atom is -0.399 e. The molecule has 0 spiro atoms. The first-order valence-corrected chi connectivity index (χ1v) is 7.19. The van der Waals surface area contributed by atoms with Gasteiger partial charge >= 0.3 is 5.69 Å². The number of imidazole rings is 1. The van der Waals surface area contributed by atoms with Gasteiger partial charge in [0.05, 0.1) is 16.8 Å². The molecule has 1 aromatic carbocycles. The van der Waals surface area contributed by atoms with Crippen LogP contribution in [0.25, 0.3) is 11.0 Å². The third-order valence-electron chi connectivity index (χ3n) is 2.78. The van der Waals surface area contributed by atoms with Crippen molar-refractivity contribution in [2.24, 2.45) is 7.05 Å². The van der Waals surface area contributed by atoms with Crippen molar-refractivity contribution in [3.63, 3.8) is 0 Å². The molecule has 7 heteroatoms. The Labute approximate surface area is 105 Å². The molecule has 2 aromatic rings. The highest BCUT2D eigenvalue weighted by Gasteiger charge is 2.21. The van der Waals surface area contributed by atoms with Crippen LogP contribution in [0.2, 0.25) is 0 Å². The normalized spacial score (nSPS) is 12.1. The van der Waals surface area contributed by atoms with Gasteiger partial charge in [-0.3, -0.25) is 4.57 Å². The van der Waals surface area contributed by atoms with E-state index in [-0.39, 0.29) is 5.75 Å². The average Bonchev–Trinajstić information content (AvgIpc) is 2.51. The minimum absolute atomic E-state index is 0.0686. The number of nitrogen functional groups attached to an aromatic ring is 1. The summed E-state index contributed by atoms with van der Waals surface area (Å²) in [5.41, 5.74) is 6.39. The molecule has 0 radical (unpaired) electrons. The Kier molecular flexibility index (Phi) is 2.94. The molecular weight excluding hydrogens is 254 g/mol. The molecule has 0 aliphatic carbocycles. The first kappa shape index (κ1) is 12.7. The largest absolute Gasteiger partial charge is 0.399 e. The fourth-order valence-electron chi connectivity index (χ4n) is 1.95. The van der Waals surface area contributed by atoms with Crippen molar-refractivity contribution < 1.29 is 8.42 Å². The van der Waals surface area contributed by atoms with E-state index in [1.165, 1.54) is 10.6 Å². The quantitative estimate of drug-likeness (QED) is 0.822. The number of nitrogens with zero attached hydrogens (tertiary/aromatic N) is 2. The minimum atomic E-state index is -3.64. The molecular formula is C11H15N3O3S. The van der Waals surface area contributed by atoms with Crippen LogP contribution < -0.4 is 11.4 Å². The average molecular weight is 269 g/mol. The Bertz CT molecular complexity index is 756. The summed E-state index contributed by atoms with van der Waals surface area (Å²) in [5.74, 6) is -0.0686. The molecule has 0 fully saturated rings. The molecule has 0 bridgehead atoms. The Morgan fingerprint density at radius 1 is 1.28 bits per heavy atom. The highest BCUT2D eigenvalue weighted by Crippen LogP contribution is 2.17. The van der Waals surface area contributed by atoms with Gasteiger partial charge in [0.15, 0.2) is 0 Å². The van der Waals surface area contributed by atoms with Gasteiger partial charge in [-0.1, -0.05) is 6.92 Å². The van der Waals surface area contributed by atoms with E-state index in [2.05, 4.69) is 0 Å². The Morgan fingerprint density at radius 2 is 1.94 bits per heavy atom. The van der Waals surface area contributed by atoms with Gasteiger partial charge in [0, 0.05) is 12.7 Å². The summed E-state index contributed by atoms with van der Waals surface area (Å²) in [6, 6.07) is 4.78. The summed E-state index contributed by atoms with van der Waals surface area (Å²) in [7, 11) is -2.10. The van der Waals surface area contributed by atoms with Crippen LogP contribution in [0.1, 0.15) is 13.3 Å². The maximum atomic E-state index is 12.1. The fourth-order valence-corrected chi connectivity index (χ4v) is 3.45. The zero-order valence-corrected chi connectivity index (χ0v) is 11.1. The number of hydrogen-bond acceptors (Lipinski definition) is 4. The van der Waals surface area contributed by atoms with Crippen molar-refractivity contribution >= 4 is 26.7 Å². The Balaban J connectivity index is 2.91. The van der Waals surface area contributed by atoms with E-state index in [1.807, 2.05) is 0 Å². The van der Waals surface area contributed by atoms with E-state index in [9.17, 15) is 13.2 Å². The van der Waals surface area contributed by atoms with Gasteiger partial charge in [-0.15, -0.1) is 0 Å². The van der Waals surface area contributed by atoms with Crippen molar-refractivity contribution in [3.05, 3.63) is 28.7 Å². The predicted molar refractivity (Wildman–Crippen MR) is 71.1 cm³/mol. The molecule has 2 rings (SSSR count). The lowest BCUT2D eigenvalue weighted by Gasteiger charge is -2.04. The second kappa shape index (κ2) is 4.16. The number of benzene rings is 1. The Hall–Kier alpha value is -1.76. The van der Waals surface area contributed by atoms with E-state index in [0.717, 1.165) is 3.97 Å². The second-order valence-electron chi connectivity index (χ2n) is 4.17. The standard InChI is InChI=1S/C11H15N3O3S/c1-3-6-18(16,17)14-10-7-8(12)4-5-9(10)13(2)11(14)15/h4-5,7H,3,6,12H2,1-2H3. The molecule has 0 saturated heterocycles. The van der Waals surface area contributed by atoms with Gasteiger partial charge in [-0.2, -0.15) is 3.97 Å². The summed E-state index contributed by atoms with van der Waals surface area (Å²) in [5, 5.41) is 0. The summed E-state index contributed by atoms with van der Waals surface area (Å²) in [6.07, 6.45) is 0.452. The van der Waals surface area contributed by atoms with Gasteiger partial charge < -0.3 is 5.73 Å². The van der Waals surface area contributed by atoms with Crippen molar-refractivity contribution in [2.45, 2.75) is 13.3 Å². The van der Waals surface area contributed by atoms with Crippen LogP contribution in [0.4, 0.5) is 5.69 Å². The SMILES string of the molecule is CCCS(=O)(=O)n1c(=O)n(C)c2ccc(N)cc21. The zero-order valence-electron chi connectivity index (χ0n) is 10.3. The molecule has 0 saturated carbocycles. The summed E-state index contributed by atoms with van der Waals surface area (Å²) < 4.78 is 26.3. The molecule has 0 aliphatic rings. The smallest absolute Gasteiger partial charge is 0.342 e. The summed E-state index contributed by atoms with van der Waals surface area (Å²) >= 11 is 0. The number of rotatable bonds is 3. The van der Waals surface area contributed by atoms with Crippen LogP contribution in [0, 0.1) is 0 Å². The maximum absolute atomic E-state index is 12.1. The molecule has 1 heterocycles. The second-order valence-corrected chi connectivity index (χ2v) is 6.11. The van der Waals surface area contributed by atoms with E-state index in [0.29, 0.717) is 23.1 Å². The van der Waals surface area contributed by atoms with E-state index in [1.54, 1.807) is 26.1 Å². The van der Waals surface area contributed by atoms with Gasteiger partial charge in [-0.25, -0.2) is 13.2 Å². The topological polar surface area (TPSA) is 87.1 Å². The van der Waals surface area contributed by atoms with Gasteiger partial charge in [0.2, 0.25) is 10.0 Å². The molecule has 0 atom stereocenters. The van der Waals surface area contributed by atoms with E-state index in [4.69, 9.17) is 5.73 Å². The zero-order chi connectivity index (χ0) is 13.5. The van der Waals surface area contributed by atoms with Crippen molar-refractivity contribution in [2.75, 3.05) is 11.5 Å². The third-order valence-corrected chi connectivity index (χ3v) is 4.61. The Morgan fingerprint density at radius 3 is 2.56 bits per heavy atom. The first-order chi connectivity index (χ1) is 8.38.